The summed E-state index contributed by atoms with van der Waals surface area (Å²) in [5.74, 6) is 2.00. The molecule has 0 aromatic carbocycles. The highest BCUT2D eigenvalue weighted by atomic mass is 16.5. The Balaban J connectivity index is 0. The topological polar surface area (TPSA) is 73.8 Å². The van der Waals surface area contributed by atoms with Gasteiger partial charge in [0.1, 0.15) is 0 Å². The maximum absolute atomic E-state index is 10.6. The molecule has 0 spiro atoms. The van der Waals surface area contributed by atoms with Crippen LogP contribution in [0.4, 0.5) is 0 Å². The van der Waals surface area contributed by atoms with Crippen molar-refractivity contribution in [1.82, 2.24) is 0 Å². The standard InChI is InChI=1S/C5H11NO.H3NO/c1-4-5-6(2,3)7;1-2/h4H,1,5H2,2-3H3;1H3. The second kappa shape index (κ2) is 5.71. The van der Waals surface area contributed by atoms with E-state index in [9.17, 15) is 5.21 Å². The summed E-state index contributed by atoms with van der Waals surface area (Å²) in [5, 5.41) is 18.6. The first-order valence-corrected chi connectivity index (χ1v) is 2.50. The van der Waals surface area contributed by atoms with Crippen LogP contribution < -0.4 is 5.90 Å². The van der Waals surface area contributed by atoms with Gasteiger partial charge in [-0.1, -0.05) is 6.58 Å². The predicted octanol–water partition coefficient (Wildman–Crippen LogP) is -0.527. The van der Waals surface area contributed by atoms with Gasteiger partial charge in [0, 0.05) is 0 Å². The zero-order chi connectivity index (χ0) is 7.91. The second-order valence-electron chi connectivity index (χ2n) is 2.05. The highest BCUT2D eigenvalue weighted by molar-refractivity contribution is 4.64. The largest absolute Gasteiger partial charge is 0.637 e. The van der Waals surface area contributed by atoms with E-state index in [2.05, 4.69) is 6.58 Å². The second-order valence-corrected chi connectivity index (χ2v) is 2.05. The smallest absolute Gasteiger partial charge is 0.0964 e. The first kappa shape index (κ1) is 11.4. The molecule has 0 aliphatic rings. The van der Waals surface area contributed by atoms with E-state index in [0.29, 0.717) is 6.54 Å². The predicted molar refractivity (Wildman–Crippen MR) is 36.8 cm³/mol. The van der Waals surface area contributed by atoms with Crippen molar-refractivity contribution in [2.45, 2.75) is 0 Å². The molecule has 0 unspecified atom stereocenters. The van der Waals surface area contributed by atoms with E-state index < -0.39 is 0 Å². The Labute approximate surface area is 55.3 Å². The van der Waals surface area contributed by atoms with Gasteiger partial charge in [0.05, 0.1) is 20.6 Å². The van der Waals surface area contributed by atoms with Gasteiger partial charge in [-0.05, 0) is 6.08 Å². The summed E-state index contributed by atoms with van der Waals surface area (Å²) in [6, 6.07) is 0. The minimum atomic E-state index is -0.274. The maximum atomic E-state index is 10.6. The lowest BCUT2D eigenvalue weighted by atomic mass is 10.6. The molecule has 0 bridgehead atoms. The van der Waals surface area contributed by atoms with E-state index in [1.165, 1.54) is 0 Å². The molecule has 3 N–H and O–H groups in total. The molecule has 0 aliphatic heterocycles. The Kier molecular flexibility index (Phi) is 7.23. The number of hydrogen-bond acceptors (Lipinski definition) is 2. The molecule has 0 heterocycles. The van der Waals surface area contributed by atoms with Crippen molar-refractivity contribution in [3.63, 3.8) is 0 Å². The lowest BCUT2D eigenvalue weighted by Crippen LogP contribution is -2.37. The van der Waals surface area contributed by atoms with E-state index in [-0.39, 0.29) is 4.65 Å². The molecule has 0 aliphatic carbocycles. The van der Waals surface area contributed by atoms with Crippen molar-refractivity contribution in [2.24, 2.45) is 0 Å². The average Bonchev–Trinajstić information content (AvgIpc) is 1.69. The van der Waals surface area contributed by atoms with Crippen LogP contribution in [0.15, 0.2) is 12.7 Å². The lowest BCUT2D eigenvalue weighted by molar-refractivity contribution is -0.833. The van der Waals surface area contributed by atoms with Crippen molar-refractivity contribution in [1.29, 1.82) is 0 Å². The van der Waals surface area contributed by atoms with Gasteiger partial charge in [-0.25, -0.2) is 0 Å². The Bertz CT molecular complexity index is 67.8. The zero-order valence-corrected chi connectivity index (χ0v) is 5.96. The summed E-state index contributed by atoms with van der Waals surface area (Å²) in [5.41, 5.74) is 0. The molecule has 0 saturated heterocycles. The van der Waals surface area contributed by atoms with Gasteiger partial charge in [0.25, 0.3) is 0 Å². The van der Waals surface area contributed by atoms with E-state index in [1.807, 2.05) is 5.90 Å². The molecule has 0 rings (SSSR count). The normalized spacial score (nSPS) is 9.44. The van der Waals surface area contributed by atoms with Crippen molar-refractivity contribution >= 4 is 0 Å². The molecule has 9 heavy (non-hydrogen) atoms. The van der Waals surface area contributed by atoms with Gasteiger partial charge in [0.15, 0.2) is 0 Å². The van der Waals surface area contributed by atoms with Crippen LogP contribution in [-0.4, -0.2) is 25.3 Å². The Morgan fingerprint density at radius 1 is 1.56 bits per heavy atom. The van der Waals surface area contributed by atoms with Gasteiger partial charge >= 0.3 is 0 Å². The third-order valence-electron chi connectivity index (χ3n) is 0.569. The van der Waals surface area contributed by atoms with Crippen LogP contribution in [0.1, 0.15) is 0 Å². The molecule has 4 nitrogen and oxygen atoms in total. The van der Waals surface area contributed by atoms with Crippen LogP contribution in [0.3, 0.4) is 0 Å². The molecule has 0 saturated carbocycles. The molecule has 4 heteroatoms. The summed E-state index contributed by atoms with van der Waals surface area (Å²) < 4.78 is -0.274. The fraction of sp³-hybridized carbons (Fsp3) is 0.600. The van der Waals surface area contributed by atoms with Gasteiger partial charge in [-0.2, -0.15) is 0 Å². The number of quaternary nitrogens is 2. The maximum Gasteiger partial charge on any atom is 0.0964 e. The summed E-state index contributed by atoms with van der Waals surface area (Å²) in [4.78, 5) is 0. The van der Waals surface area contributed by atoms with Crippen LogP contribution in [0, 0.1) is 10.4 Å². The van der Waals surface area contributed by atoms with Crippen LogP contribution in [-0.2, 0) is 0 Å². The summed E-state index contributed by atoms with van der Waals surface area (Å²) in [6.07, 6.45) is 1.62. The van der Waals surface area contributed by atoms with Crippen molar-refractivity contribution in [3.8, 4) is 0 Å². The lowest BCUT2D eigenvalue weighted by Gasteiger charge is -2.31. The zero-order valence-electron chi connectivity index (χ0n) is 5.96. The summed E-state index contributed by atoms with van der Waals surface area (Å²) >= 11 is 0. The van der Waals surface area contributed by atoms with Crippen LogP contribution in [0.5, 0.6) is 0 Å². The molecule has 56 valence electrons. The third kappa shape index (κ3) is 18.4. The van der Waals surface area contributed by atoms with Gasteiger partial charge in [-0.3, -0.25) is 0 Å². The SMILES string of the molecule is C=CC[N+](C)(C)[O-].[NH3+][O-]. The minimum absolute atomic E-state index is 0.274. The molecular formula is C5H14N2O2. The molecule has 0 amide bonds. The van der Waals surface area contributed by atoms with Crippen LogP contribution in [0.25, 0.3) is 0 Å². The first-order chi connectivity index (χ1) is 4.06. The van der Waals surface area contributed by atoms with E-state index in [0.717, 1.165) is 0 Å². The first-order valence-electron chi connectivity index (χ1n) is 2.50. The number of rotatable bonds is 2. The fourth-order valence-electron chi connectivity index (χ4n) is 0.311. The molecule has 0 fully saturated rings. The molecular weight excluding hydrogens is 120 g/mol. The molecule has 0 aromatic heterocycles. The van der Waals surface area contributed by atoms with Crippen molar-refractivity contribution < 1.29 is 10.5 Å². The van der Waals surface area contributed by atoms with Gasteiger partial charge in [-0.15, -0.1) is 0 Å². The number of hydroxylamine groups is 3. The quantitative estimate of drug-likeness (QED) is 0.313. The van der Waals surface area contributed by atoms with Gasteiger partial charge in [0.2, 0.25) is 0 Å². The van der Waals surface area contributed by atoms with Crippen molar-refractivity contribution in [3.05, 3.63) is 23.1 Å². The number of hydrogen-bond donors (Lipinski definition) is 1. The van der Waals surface area contributed by atoms with E-state index in [1.54, 1.807) is 20.2 Å². The van der Waals surface area contributed by atoms with E-state index in [4.69, 9.17) is 5.21 Å². The Morgan fingerprint density at radius 2 is 1.89 bits per heavy atom. The van der Waals surface area contributed by atoms with Gasteiger partial charge < -0.3 is 21.0 Å². The molecule has 0 radical (unpaired) electrons. The molecule has 0 atom stereocenters. The summed E-state index contributed by atoms with van der Waals surface area (Å²) in [6.45, 7) is 3.92. The summed E-state index contributed by atoms with van der Waals surface area (Å²) in [7, 11) is 3.17. The average molecular weight is 134 g/mol. The number of nitrogens with zero attached hydrogens (tertiary/aromatic N) is 1. The fourth-order valence-corrected chi connectivity index (χ4v) is 0.311. The highest BCUT2D eigenvalue weighted by Crippen LogP contribution is 1.88. The van der Waals surface area contributed by atoms with Crippen LogP contribution in [0.2, 0.25) is 0 Å². The minimum Gasteiger partial charge on any atom is -0.637 e. The van der Waals surface area contributed by atoms with E-state index >= 15 is 0 Å². The Hall–Kier alpha value is -0.420. The highest BCUT2D eigenvalue weighted by Gasteiger charge is 1.92. The third-order valence-corrected chi connectivity index (χ3v) is 0.569. The Morgan fingerprint density at radius 3 is 1.89 bits per heavy atom. The monoisotopic (exact) mass is 134 g/mol. The van der Waals surface area contributed by atoms with Crippen LogP contribution >= 0.6 is 0 Å². The number of likely N-dealkylation sites (N-methyl/N-ethyl adjacent to an activating group) is 1. The molecule has 0 aromatic rings. The van der Waals surface area contributed by atoms with Crippen molar-refractivity contribution in [2.75, 3.05) is 20.6 Å².